The SMILES string of the molecule is CCCC(NC)c1ccc(OCC)c(OCC)c1. The molecule has 0 aliphatic heterocycles. The Hall–Kier alpha value is -1.22. The van der Waals surface area contributed by atoms with Crippen LogP contribution in [0.5, 0.6) is 11.5 Å². The monoisotopic (exact) mass is 251 g/mol. The molecule has 0 radical (unpaired) electrons. The lowest BCUT2D eigenvalue weighted by Crippen LogP contribution is -2.16. The standard InChI is InChI=1S/C15H25NO2/c1-5-8-13(16-4)12-9-10-14(17-6-2)15(11-12)18-7-3/h9-11,13,16H,5-8H2,1-4H3. The van der Waals surface area contributed by atoms with Crippen molar-refractivity contribution < 1.29 is 9.47 Å². The van der Waals surface area contributed by atoms with Crippen molar-refractivity contribution in [1.82, 2.24) is 5.32 Å². The molecule has 1 aromatic carbocycles. The molecular weight excluding hydrogens is 226 g/mol. The summed E-state index contributed by atoms with van der Waals surface area (Å²) >= 11 is 0. The van der Waals surface area contributed by atoms with Gasteiger partial charge in [0.2, 0.25) is 0 Å². The summed E-state index contributed by atoms with van der Waals surface area (Å²) in [6.45, 7) is 7.48. The zero-order chi connectivity index (χ0) is 13.4. The van der Waals surface area contributed by atoms with Crippen LogP contribution in [-0.4, -0.2) is 20.3 Å². The largest absolute Gasteiger partial charge is 0.490 e. The zero-order valence-electron chi connectivity index (χ0n) is 12.0. The Morgan fingerprint density at radius 3 is 2.28 bits per heavy atom. The van der Waals surface area contributed by atoms with Gasteiger partial charge >= 0.3 is 0 Å². The maximum absolute atomic E-state index is 5.65. The van der Waals surface area contributed by atoms with Gasteiger partial charge in [0, 0.05) is 6.04 Å². The summed E-state index contributed by atoms with van der Waals surface area (Å²) in [5.74, 6) is 1.67. The highest BCUT2D eigenvalue weighted by Crippen LogP contribution is 2.31. The Morgan fingerprint density at radius 2 is 1.72 bits per heavy atom. The molecule has 1 unspecified atom stereocenters. The second-order valence-electron chi connectivity index (χ2n) is 4.20. The Labute approximate surface area is 110 Å². The summed E-state index contributed by atoms with van der Waals surface area (Å²) in [5, 5.41) is 3.34. The van der Waals surface area contributed by atoms with E-state index in [0.29, 0.717) is 19.3 Å². The minimum absolute atomic E-state index is 0.380. The van der Waals surface area contributed by atoms with E-state index >= 15 is 0 Å². The van der Waals surface area contributed by atoms with Gasteiger partial charge in [-0.25, -0.2) is 0 Å². The van der Waals surface area contributed by atoms with Gasteiger partial charge in [0.25, 0.3) is 0 Å². The number of hydrogen-bond acceptors (Lipinski definition) is 3. The molecule has 0 fully saturated rings. The molecule has 0 saturated carbocycles. The molecule has 3 heteroatoms. The maximum atomic E-state index is 5.65. The van der Waals surface area contributed by atoms with Crippen molar-refractivity contribution in [3.63, 3.8) is 0 Å². The summed E-state index contributed by atoms with van der Waals surface area (Å²) in [5.41, 5.74) is 1.26. The molecule has 0 amide bonds. The number of benzene rings is 1. The fourth-order valence-electron chi connectivity index (χ4n) is 2.05. The quantitative estimate of drug-likeness (QED) is 0.766. The Bertz CT molecular complexity index is 352. The van der Waals surface area contributed by atoms with E-state index in [1.54, 1.807) is 0 Å². The van der Waals surface area contributed by atoms with Crippen molar-refractivity contribution in [1.29, 1.82) is 0 Å². The van der Waals surface area contributed by atoms with Crippen molar-refractivity contribution in [2.45, 2.75) is 39.7 Å². The number of ether oxygens (including phenoxy) is 2. The average Bonchev–Trinajstić information content (AvgIpc) is 2.38. The number of nitrogens with one attached hydrogen (secondary N) is 1. The lowest BCUT2D eigenvalue weighted by molar-refractivity contribution is 0.287. The van der Waals surface area contributed by atoms with Crippen molar-refractivity contribution in [2.24, 2.45) is 0 Å². The number of hydrogen-bond donors (Lipinski definition) is 1. The summed E-state index contributed by atoms with van der Waals surface area (Å²) in [6.07, 6.45) is 2.28. The summed E-state index contributed by atoms with van der Waals surface area (Å²) < 4.78 is 11.2. The van der Waals surface area contributed by atoms with Crippen LogP contribution in [0, 0.1) is 0 Å². The van der Waals surface area contributed by atoms with Gasteiger partial charge in [-0.3, -0.25) is 0 Å². The molecule has 3 nitrogen and oxygen atoms in total. The minimum Gasteiger partial charge on any atom is -0.490 e. The molecule has 0 aromatic heterocycles. The molecule has 102 valence electrons. The molecule has 0 bridgehead atoms. The highest BCUT2D eigenvalue weighted by Gasteiger charge is 2.12. The van der Waals surface area contributed by atoms with E-state index < -0.39 is 0 Å². The van der Waals surface area contributed by atoms with Gasteiger partial charge in [0.15, 0.2) is 11.5 Å². The molecule has 0 aliphatic rings. The minimum atomic E-state index is 0.380. The van der Waals surface area contributed by atoms with Crippen LogP contribution in [-0.2, 0) is 0 Å². The summed E-state index contributed by atoms with van der Waals surface area (Å²) in [6, 6.07) is 6.59. The highest BCUT2D eigenvalue weighted by molar-refractivity contribution is 5.44. The van der Waals surface area contributed by atoms with Gasteiger partial charge in [0.05, 0.1) is 13.2 Å². The van der Waals surface area contributed by atoms with Crippen LogP contribution in [0.4, 0.5) is 0 Å². The summed E-state index contributed by atoms with van der Waals surface area (Å²) in [7, 11) is 2.00. The molecule has 1 N–H and O–H groups in total. The van der Waals surface area contributed by atoms with Crippen LogP contribution in [0.3, 0.4) is 0 Å². The third-order valence-corrected chi connectivity index (χ3v) is 2.90. The van der Waals surface area contributed by atoms with Crippen molar-refractivity contribution in [3.05, 3.63) is 23.8 Å². The molecular formula is C15H25NO2. The first-order valence-electron chi connectivity index (χ1n) is 6.83. The van der Waals surface area contributed by atoms with Gasteiger partial charge in [-0.05, 0) is 45.0 Å². The van der Waals surface area contributed by atoms with Gasteiger partial charge in [-0.1, -0.05) is 19.4 Å². The smallest absolute Gasteiger partial charge is 0.161 e. The van der Waals surface area contributed by atoms with Gasteiger partial charge in [-0.2, -0.15) is 0 Å². The van der Waals surface area contributed by atoms with Crippen LogP contribution in [0.15, 0.2) is 18.2 Å². The first-order chi connectivity index (χ1) is 8.76. The highest BCUT2D eigenvalue weighted by atomic mass is 16.5. The lowest BCUT2D eigenvalue weighted by atomic mass is 10.0. The Balaban J connectivity index is 2.96. The predicted molar refractivity (Wildman–Crippen MR) is 75.5 cm³/mol. The van der Waals surface area contributed by atoms with E-state index in [2.05, 4.69) is 24.4 Å². The topological polar surface area (TPSA) is 30.5 Å². The maximum Gasteiger partial charge on any atom is 0.161 e. The Morgan fingerprint density at radius 1 is 1.06 bits per heavy atom. The fourth-order valence-corrected chi connectivity index (χ4v) is 2.05. The van der Waals surface area contributed by atoms with E-state index in [1.807, 2.05) is 27.0 Å². The Kier molecular flexibility index (Phi) is 6.58. The van der Waals surface area contributed by atoms with E-state index in [0.717, 1.165) is 24.3 Å². The third-order valence-electron chi connectivity index (χ3n) is 2.90. The van der Waals surface area contributed by atoms with Gasteiger partial charge < -0.3 is 14.8 Å². The van der Waals surface area contributed by atoms with Crippen LogP contribution in [0.25, 0.3) is 0 Å². The van der Waals surface area contributed by atoms with Gasteiger partial charge in [0.1, 0.15) is 0 Å². The van der Waals surface area contributed by atoms with E-state index in [-0.39, 0.29) is 0 Å². The molecule has 0 spiro atoms. The second-order valence-corrected chi connectivity index (χ2v) is 4.20. The predicted octanol–water partition coefficient (Wildman–Crippen LogP) is 3.54. The van der Waals surface area contributed by atoms with Crippen LogP contribution >= 0.6 is 0 Å². The molecule has 0 aliphatic carbocycles. The number of rotatable bonds is 8. The summed E-state index contributed by atoms with van der Waals surface area (Å²) in [4.78, 5) is 0. The first-order valence-corrected chi connectivity index (χ1v) is 6.83. The third kappa shape index (κ3) is 3.91. The normalized spacial score (nSPS) is 12.2. The van der Waals surface area contributed by atoms with Crippen LogP contribution in [0.1, 0.15) is 45.2 Å². The molecule has 1 rings (SSSR count). The molecule has 0 saturated heterocycles. The van der Waals surface area contributed by atoms with Crippen molar-refractivity contribution in [2.75, 3.05) is 20.3 Å². The van der Waals surface area contributed by atoms with E-state index in [9.17, 15) is 0 Å². The fraction of sp³-hybridized carbons (Fsp3) is 0.600. The molecule has 18 heavy (non-hydrogen) atoms. The van der Waals surface area contributed by atoms with Crippen LogP contribution < -0.4 is 14.8 Å². The van der Waals surface area contributed by atoms with Crippen molar-refractivity contribution in [3.8, 4) is 11.5 Å². The van der Waals surface area contributed by atoms with Gasteiger partial charge in [-0.15, -0.1) is 0 Å². The molecule has 1 aromatic rings. The zero-order valence-corrected chi connectivity index (χ0v) is 12.0. The second kappa shape index (κ2) is 7.98. The average molecular weight is 251 g/mol. The van der Waals surface area contributed by atoms with E-state index in [1.165, 1.54) is 5.56 Å². The van der Waals surface area contributed by atoms with Crippen LogP contribution in [0.2, 0.25) is 0 Å². The lowest BCUT2D eigenvalue weighted by Gasteiger charge is -2.18. The van der Waals surface area contributed by atoms with E-state index in [4.69, 9.17) is 9.47 Å². The molecule has 1 atom stereocenters. The molecule has 0 heterocycles. The first kappa shape index (κ1) is 14.8. The van der Waals surface area contributed by atoms with Crippen molar-refractivity contribution >= 4 is 0 Å².